The van der Waals surface area contributed by atoms with Gasteiger partial charge in [0.1, 0.15) is 5.82 Å². The molecular weight excluding hydrogens is 307 g/mol. The number of hydrogen-bond acceptors (Lipinski definition) is 2. The molecule has 0 atom stereocenters. The molecule has 0 radical (unpaired) electrons. The Labute approximate surface area is 130 Å². The van der Waals surface area contributed by atoms with Gasteiger partial charge in [-0.15, -0.1) is 0 Å². The number of carbonyl (C=O) groups is 1. The predicted molar refractivity (Wildman–Crippen MR) is 81.4 cm³/mol. The third kappa shape index (κ3) is 2.58. The number of nitrogens with one attached hydrogen (secondary N) is 1. The quantitative estimate of drug-likeness (QED) is 0.759. The second-order valence-electron chi connectivity index (χ2n) is 4.64. The Morgan fingerprint density at radius 2 is 1.91 bits per heavy atom. The Kier molecular flexibility index (Phi) is 3.65. The summed E-state index contributed by atoms with van der Waals surface area (Å²) >= 11 is 5.83. The lowest BCUT2D eigenvalue weighted by atomic mass is 10.0. The summed E-state index contributed by atoms with van der Waals surface area (Å²) in [7, 11) is 0. The monoisotopic (exact) mass is 316 g/mol. The van der Waals surface area contributed by atoms with Crippen molar-refractivity contribution in [1.82, 2.24) is 10.2 Å². The maximum Gasteiger partial charge on any atom is 0.336 e. The summed E-state index contributed by atoms with van der Waals surface area (Å²) in [6, 6.07) is 12.5. The number of carboxylic acid groups (broad SMARTS) is 1. The number of carboxylic acids is 1. The van der Waals surface area contributed by atoms with Gasteiger partial charge in [0, 0.05) is 16.1 Å². The van der Waals surface area contributed by atoms with Crippen molar-refractivity contribution in [3.63, 3.8) is 0 Å². The average molecular weight is 317 g/mol. The fraction of sp³-hybridized carbons (Fsp3) is 0. The third-order valence-electron chi connectivity index (χ3n) is 3.23. The van der Waals surface area contributed by atoms with Gasteiger partial charge in [-0.3, -0.25) is 5.10 Å². The molecule has 0 spiro atoms. The smallest absolute Gasteiger partial charge is 0.336 e. The Balaban J connectivity index is 2.08. The maximum atomic E-state index is 14.0. The number of hydrogen-bond donors (Lipinski definition) is 2. The first-order chi connectivity index (χ1) is 10.6. The molecule has 22 heavy (non-hydrogen) atoms. The van der Waals surface area contributed by atoms with Crippen LogP contribution in [-0.2, 0) is 0 Å². The number of aromatic amines is 1. The number of benzene rings is 2. The van der Waals surface area contributed by atoms with Crippen LogP contribution in [0.25, 0.3) is 22.5 Å². The van der Waals surface area contributed by atoms with Gasteiger partial charge < -0.3 is 5.11 Å². The van der Waals surface area contributed by atoms with Crippen LogP contribution in [0.15, 0.2) is 48.5 Å². The average Bonchev–Trinajstić information content (AvgIpc) is 2.97. The van der Waals surface area contributed by atoms with Crippen molar-refractivity contribution in [2.75, 3.05) is 0 Å². The van der Waals surface area contributed by atoms with E-state index in [1.807, 2.05) is 0 Å². The summed E-state index contributed by atoms with van der Waals surface area (Å²) in [5, 5.41) is 16.6. The molecule has 0 aliphatic rings. The number of nitrogens with zero attached hydrogens (tertiary/aromatic N) is 1. The third-order valence-corrected chi connectivity index (χ3v) is 3.48. The van der Waals surface area contributed by atoms with E-state index in [1.54, 1.807) is 30.3 Å². The lowest BCUT2D eigenvalue weighted by Gasteiger charge is -2.04. The van der Waals surface area contributed by atoms with Crippen LogP contribution in [0, 0.1) is 5.82 Å². The van der Waals surface area contributed by atoms with E-state index in [2.05, 4.69) is 10.2 Å². The van der Waals surface area contributed by atoms with Crippen molar-refractivity contribution >= 4 is 17.6 Å². The summed E-state index contributed by atoms with van der Waals surface area (Å²) in [4.78, 5) is 11.2. The van der Waals surface area contributed by atoms with Gasteiger partial charge >= 0.3 is 5.97 Å². The topological polar surface area (TPSA) is 66.0 Å². The van der Waals surface area contributed by atoms with Crippen LogP contribution in [-0.4, -0.2) is 21.3 Å². The highest BCUT2D eigenvalue weighted by atomic mass is 35.5. The molecule has 0 bridgehead atoms. The number of H-pyrrole nitrogens is 1. The summed E-state index contributed by atoms with van der Waals surface area (Å²) in [5.74, 6) is -1.82. The summed E-state index contributed by atoms with van der Waals surface area (Å²) < 4.78 is 14.0. The van der Waals surface area contributed by atoms with Gasteiger partial charge in [-0.05, 0) is 30.3 Å². The van der Waals surface area contributed by atoms with Gasteiger partial charge in [-0.2, -0.15) is 5.10 Å². The molecule has 0 fully saturated rings. The maximum absolute atomic E-state index is 14.0. The lowest BCUT2D eigenvalue weighted by molar-refractivity contribution is 0.0697. The second-order valence-corrected chi connectivity index (χ2v) is 5.08. The molecule has 2 aromatic carbocycles. The zero-order valence-corrected chi connectivity index (χ0v) is 11.9. The van der Waals surface area contributed by atoms with Crippen LogP contribution in [0.1, 0.15) is 10.4 Å². The van der Waals surface area contributed by atoms with E-state index >= 15 is 0 Å². The predicted octanol–water partition coefficient (Wildman–Crippen LogP) is 4.23. The van der Waals surface area contributed by atoms with E-state index in [1.165, 1.54) is 18.2 Å². The highest BCUT2D eigenvalue weighted by Gasteiger charge is 2.18. The first-order valence-electron chi connectivity index (χ1n) is 6.40. The van der Waals surface area contributed by atoms with Crippen LogP contribution in [0.2, 0.25) is 5.02 Å². The number of rotatable bonds is 3. The minimum absolute atomic E-state index is 0.0114. The van der Waals surface area contributed by atoms with Gasteiger partial charge in [-0.25, -0.2) is 9.18 Å². The number of halogens is 2. The molecule has 2 N–H and O–H groups in total. The molecule has 110 valence electrons. The van der Waals surface area contributed by atoms with E-state index in [-0.39, 0.29) is 11.1 Å². The number of aromatic nitrogens is 2. The standard InChI is InChI=1S/C16H10ClFN2O2/c17-10-6-4-9(5-7-10)13-8-14(20-19-13)15-11(16(21)22)2-1-3-12(15)18/h1-8H,(H,19,20)(H,21,22). The molecule has 3 rings (SSSR count). The van der Waals surface area contributed by atoms with Crippen molar-refractivity contribution in [3.8, 4) is 22.5 Å². The van der Waals surface area contributed by atoms with Gasteiger partial charge in [0.25, 0.3) is 0 Å². The van der Waals surface area contributed by atoms with E-state index in [9.17, 15) is 14.3 Å². The molecule has 3 aromatic rings. The Bertz CT molecular complexity index is 844. The van der Waals surface area contributed by atoms with E-state index in [0.717, 1.165) is 5.56 Å². The molecule has 0 aliphatic heterocycles. The van der Waals surface area contributed by atoms with Gasteiger partial charge in [-0.1, -0.05) is 29.8 Å². The van der Waals surface area contributed by atoms with E-state index in [0.29, 0.717) is 16.4 Å². The van der Waals surface area contributed by atoms with Crippen molar-refractivity contribution in [2.24, 2.45) is 0 Å². The highest BCUT2D eigenvalue weighted by molar-refractivity contribution is 6.30. The van der Waals surface area contributed by atoms with Crippen LogP contribution < -0.4 is 0 Å². The fourth-order valence-electron chi connectivity index (χ4n) is 2.19. The summed E-state index contributed by atoms with van der Waals surface area (Å²) in [5.41, 5.74) is 1.54. The minimum atomic E-state index is -1.20. The first kappa shape index (κ1) is 14.3. The Morgan fingerprint density at radius 1 is 1.18 bits per heavy atom. The molecule has 1 heterocycles. The van der Waals surface area contributed by atoms with Crippen LogP contribution in [0.4, 0.5) is 4.39 Å². The van der Waals surface area contributed by atoms with Crippen molar-refractivity contribution in [1.29, 1.82) is 0 Å². The molecule has 0 aliphatic carbocycles. The van der Waals surface area contributed by atoms with Crippen LogP contribution in [0.3, 0.4) is 0 Å². The minimum Gasteiger partial charge on any atom is -0.478 e. The number of aromatic carboxylic acids is 1. The molecule has 6 heteroatoms. The molecular formula is C16H10ClFN2O2. The molecule has 0 saturated heterocycles. The zero-order chi connectivity index (χ0) is 15.7. The van der Waals surface area contributed by atoms with Crippen LogP contribution in [0.5, 0.6) is 0 Å². The fourth-order valence-corrected chi connectivity index (χ4v) is 2.32. The Morgan fingerprint density at radius 3 is 2.59 bits per heavy atom. The first-order valence-corrected chi connectivity index (χ1v) is 6.77. The van der Waals surface area contributed by atoms with Gasteiger partial charge in [0.05, 0.1) is 17.0 Å². The summed E-state index contributed by atoms with van der Waals surface area (Å²) in [6.45, 7) is 0. The molecule has 1 aromatic heterocycles. The second kappa shape index (κ2) is 5.61. The normalized spacial score (nSPS) is 10.6. The lowest BCUT2D eigenvalue weighted by Crippen LogP contribution is -2.01. The van der Waals surface area contributed by atoms with Gasteiger partial charge in [0.2, 0.25) is 0 Å². The van der Waals surface area contributed by atoms with E-state index in [4.69, 9.17) is 11.6 Å². The van der Waals surface area contributed by atoms with Crippen molar-refractivity contribution in [2.45, 2.75) is 0 Å². The van der Waals surface area contributed by atoms with E-state index < -0.39 is 11.8 Å². The Hall–Kier alpha value is -2.66. The molecule has 0 saturated carbocycles. The van der Waals surface area contributed by atoms with Crippen molar-refractivity contribution < 1.29 is 14.3 Å². The molecule has 4 nitrogen and oxygen atoms in total. The van der Waals surface area contributed by atoms with Crippen molar-refractivity contribution in [3.05, 3.63) is 64.9 Å². The molecule has 0 unspecified atom stereocenters. The van der Waals surface area contributed by atoms with Gasteiger partial charge in [0.15, 0.2) is 0 Å². The molecule has 0 amide bonds. The van der Waals surface area contributed by atoms with Crippen LogP contribution >= 0.6 is 11.6 Å². The SMILES string of the molecule is O=C(O)c1cccc(F)c1-c1cc(-c2ccc(Cl)cc2)n[nH]1. The summed E-state index contributed by atoms with van der Waals surface area (Å²) in [6.07, 6.45) is 0. The zero-order valence-electron chi connectivity index (χ0n) is 11.2. The highest BCUT2D eigenvalue weighted by Crippen LogP contribution is 2.29. The largest absolute Gasteiger partial charge is 0.478 e.